The zero-order valence-electron chi connectivity index (χ0n) is 14.1. The molecule has 1 aliphatic rings. The van der Waals surface area contributed by atoms with Crippen molar-refractivity contribution in [1.29, 1.82) is 0 Å². The monoisotopic (exact) mass is 323 g/mol. The maximum Gasteiger partial charge on any atom is 0.343 e. The molecule has 124 valence electrons. The van der Waals surface area contributed by atoms with E-state index in [2.05, 4.69) is 12.2 Å². The van der Waals surface area contributed by atoms with Crippen LogP contribution in [0, 0.1) is 25.7 Å². The van der Waals surface area contributed by atoms with Gasteiger partial charge in [-0.3, -0.25) is 4.79 Å². The van der Waals surface area contributed by atoms with Crippen LogP contribution in [0.1, 0.15) is 34.8 Å². The molecule has 0 heterocycles. The number of hydrogen-bond acceptors (Lipinski definition) is 3. The molecule has 1 N–H and O–H groups in total. The van der Waals surface area contributed by atoms with Crippen LogP contribution in [0.25, 0.3) is 0 Å². The molecule has 0 aromatic heterocycles. The van der Waals surface area contributed by atoms with Crippen LogP contribution < -0.4 is 10.1 Å². The lowest BCUT2D eigenvalue weighted by molar-refractivity contribution is -0.117. The highest BCUT2D eigenvalue weighted by molar-refractivity contribution is 5.97. The Hall–Kier alpha value is -2.62. The molecule has 1 saturated carbocycles. The van der Waals surface area contributed by atoms with Crippen LogP contribution in [0.5, 0.6) is 5.75 Å². The van der Waals surface area contributed by atoms with Crippen LogP contribution in [-0.2, 0) is 4.79 Å². The van der Waals surface area contributed by atoms with Gasteiger partial charge in [0.1, 0.15) is 5.75 Å². The maximum absolute atomic E-state index is 12.3. The van der Waals surface area contributed by atoms with E-state index >= 15 is 0 Å². The Morgan fingerprint density at radius 2 is 1.83 bits per heavy atom. The summed E-state index contributed by atoms with van der Waals surface area (Å²) in [7, 11) is 0. The number of anilines is 1. The Bertz CT molecular complexity index is 797. The smallest absolute Gasteiger partial charge is 0.343 e. The third-order valence-corrected chi connectivity index (χ3v) is 4.50. The summed E-state index contributed by atoms with van der Waals surface area (Å²) >= 11 is 0. The molecule has 1 fully saturated rings. The van der Waals surface area contributed by atoms with Crippen molar-refractivity contribution < 1.29 is 14.3 Å². The molecule has 24 heavy (non-hydrogen) atoms. The van der Waals surface area contributed by atoms with E-state index in [1.807, 2.05) is 26.0 Å². The lowest BCUT2D eigenvalue weighted by Crippen LogP contribution is -2.15. The first-order valence-corrected chi connectivity index (χ1v) is 8.14. The molecule has 4 nitrogen and oxygen atoms in total. The van der Waals surface area contributed by atoms with E-state index in [1.54, 1.807) is 30.3 Å². The second-order valence-electron chi connectivity index (χ2n) is 6.53. The summed E-state index contributed by atoms with van der Waals surface area (Å²) in [5.74, 6) is 0.639. The Balaban J connectivity index is 1.69. The number of nitrogens with one attached hydrogen (secondary N) is 1. The molecule has 3 rings (SSSR count). The molecule has 2 atom stereocenters. The number of carbonyl (C=O) groups excluding carboxylic acids is 2. The van der Waals surface area contributed by atoms with Gasteiger partial charge in [-0.25, -0.2) is 4.79 Å². The predicted octanol–water partition coefficient (Wildman–Crippen LogP) is 4.12. The van der Waals surface area contributed by atoms with Crippen LogP contribution in [-0.4, -0.2) is 11.9 Å². The van der Waals surface area contributed by atoms with Crippen molar-refractivity contribution >= 4 is 17.6 Å². The lowest BCUT2D eigenvalue weighted by Gasteiger charge is -2.09. The number of esters is 1. The molecule has 0 radical (unpaired) electrons. The van der Waals surface area contributed by atoms with Crippen LogP contribution in [0.2, 0.25) is 0 Å². The first-order valence-electron chi connectivity index (χ1n) is 8.14. The van der Waals surface area contributed by atoms with E-state index in [0.717, 1.165) is 17.5 Å². The van der Waals surface area contributed by atoms with Crippen LogP contribution >= 0.6 is 0 Å². The van der Waals surface area contributed by atoms with Crippen LogP contribution in [0.15, 0.2) is 42.5 Å². The van der Waals surface area contributed by atoms with Gasteiger partial charge in [-0.15, -0.1) is 0 Å². The summed E-state index contributed by atoms with van der Waals surface area (Å²) in [6, 6.07) is 12.4. The highest BCUT2D eigenvalue weighted by Gasteiger charge is 2.39. The number of amides is 1. The highest BCUT2D eigenvalue weighted by atomic mass is 16.5. The lowest BCUT2D eigenvalue weighted by atomic mass is 10.1. The van der Waals surface area contributed by atoms with Crippen molar-refractivity contribution in [1.82, 2.24) is 0 Å². The van der Waals surface area contributed by atoms with Crippen molar-refractivity contribution in [2.45, 2.75) is 27.2 Å². The van der Waals surface area contributed by atoms with Crippen molar-refractivity contribution in [3.63, 3.8) is 0 Å². The molecule has 0 unspecified atom stereocenters. The summed E-state index contributed by atoms with van der Waals surface area (Å²) in [5.41, 5.74) is 3.25. The standard InChI is InChI=1S/C20H21NO3/c1-12-7-8-17(9-13(12)2)24-20(23)15-5-4-6-16(11-15)21-19(22)18-10-14(18)3/h4-9,11,14,18H,10H2,1-3H3,(H,21,22)/t14-,18-/m1/s1. The second-order valence-corrected chi connectivity index (χ2v) is 6.53. The van der Waals surface area contributed by atoms with Gasteiger partial charge in [-0.2, -0.15) is 0 Å². The van der Waals surface area contributed by atoms with Crippen molar-refractivity contribution in [3.05, 3.63) is 59.2 Å². The van der Waals surface area contributed by atoms with Crippen LogP contribution in [0.4, 0.5) is 5.69 Å². The van der Waals surface area contributed by atoms with Gasteiger partial charge in [0.05, 0.1) is 5.56 Å². The molecule has 2 aromatic rings. The third kappa shape index (κ3) is 3.65. The maximum atomic E-state index is 12.3. The summed E-state index contributed by atoms with van der Waals surface area (Å²) in [6.45, 7) is 6.04. The Labute approximate surface area is 141 Å². The molecule has 4 heteroatoms. The van der Waals surface area contributed by atoms with Gasteiger partial charge in [0, 0.05) is 11.6 Å². The van der Waals surface area contributed by atoms with E-state index in [-0.39, 0.29) is 11.8 Å². The van der Waals surface area contributed by atoms with Gasteiger partial charge in [-0.1, -0.05) is 19.1 Å². The van der Waals surface area contributed by atoms with Gasteiger partial charge >= 0.3 is 5.97 Å². The molecular weight excluding hydrogens is 302 g/mol. The summed E-state index contributed by atoms with van der Waals surface area (Å²) < 4.78 is 5.42. The molecule has 1 amide bonds. The number of hydrogen-bond donors (Lipinski definition) is 1. The van der Waals surface area contributed by atoms with E-state index in [1.165, 1.54) is 0 Å². The summed E-state index contributed by atoms with van der Waals surface area (Å²) in [6.07, 6.45) is 0.931. The Kier molecular flexibility index (Phi) is 4.38. The third-order valence-electron chi connectivity index (χ3n) is 4.50. The molecule has 0 bridgehead atoms. The second kappa shape index (κ2) is 6.48. The molecule has 0 saturated heterocycles. The van der Waals surface area contributed by atoms with Crippen molar-refractivity contribution in [3.8, 4) is 5.75 Å². The van der Waals surface area contributed by atoms with Gasteiger partial charge in [-0.05, 0) is 67.6 Å². The number of ether oxygens (including phenoxy) is 1. The number of carbonyl (C=O) groups is 2. The average Bonchev–Trinajstić information content (AvgIpc) is 3.28. The fourth-order valence-electron chi connectivity index (χ4n) is 2.59. The zero-order valence-corrected chi connectivity index (χ0v) is 14.1. The number of aryl methyl sites for hydroxylation is 2. The quantitative estimate of drug-likeness (QED) is 0.680. The Morgan fingerprint density at radius 1 is 1.08 bits per heavy atom. The minimum absolute atomic E-state index is 0.0159. The van der Waals surface area contributed by atoms with E-state index in [9.17, 15) is 9.59 Å². The molecule has 1 aliphatic carbocycles. The molecule has 2 aromatic carbocycles. The van der Waals surface area contributed by atoms with Gasteiger partial charge in [0.25, 0.3) is 0 Å². The average molecular weight is 323 g/mol. The first-order chi connectivity index (χ1) is 11.4. The fraction of sp³-hybridized carbons (Fsp3) is 0.300. The van der Waals surface area contributed by atoms with E-state index < -0.39 is 5.97 Å². The van der Waals surface area contributed by atoms with Gasteiger partial charge in [0.2, 0.25) is 5.91 Å². The fourth-order valence-corrected chi connectivity index (χ4v) is 2.59. The minimum atomic E-state index is -0.436. The highest BCUT2D eigenvalue weighted by Crippen LogP contribution is 2.38. The van der Waals surface area contributed by atoms with Crippen molar-refractivity contribution in [2.24, 2.45) is 11.8 Å². The normalized spacial score (nSPS) is 18.8. The van der Waals surface area contributed by atoms with Gasteiger partial charge in [0.15, 0.2) is 0 Å². The molecule has 0 spiro atoms. The van der Waals surface area contributed by atoms with Gasteiger partial charge < -0.3 is 10.1 Å². The largest absolute Gasteiger partial charge is 0.423 e. The topological polar surface area (TPSA) is 55.4 Å². The summed E-state index contributed by atoms with van der Waals surface area (Å²) in [5, 5.41) is 2.86. The van der Waals surface area contributed by atoms with Crippen LogP contribution in [0.3, 0.4) is 0 Å². The summed E-state index contributed by atoms with van der Waals surface area (Å²) in [4.78, 5) is 24.3. The minimum Gasteiger partial charge on any atom is -0.423 e. The van der Waals surface area contributed by atoms with Crippen molar-refractivity contribution in [2.75, 3.05) is 5.32 Å². The van der Waals surface area contributed by atoms with E-state index in [0.29, 0.717) is 22.9 Å². The first kappa shape index (κ1) is 16.2. The zero-order chi connectivity index (χ0) is 17.3. The molecule has 0 aliphatic heterocycles. The Morgan fingerprint density at radius 3 is 2.50 bits per heavy atom. The number of rotatable bonds is 4. The SMILES string of the molecule is Cc1ccc(OC(=O)c2cccc(NC(=O)[C@@H]3C[C@H]3C)c2)cc1C. The predicted molar refractivity (Wildman–Crippen MR) is 93.2 cm³/mol. The number of benzene rings is 2. The molecular formula is C20H21NO3. The van der Waals surface area contributed by atoms with E-state index in [4.69, 9.17) is 4.74 Å².